The summed E-state index contributed by atoms with van der Waals surface area (Å²) in [6, 6.07) is 1.78. The van der Waals surface area contributed by atoms with E-state index in [0.717, 1.165) is 16.5 Å². The van der Waals surface area contributed by atoms with E-state index in [2.05, 4.69) is 20.1 Å². The maximum absolute atomic E-state index is 5.94. The van der Waals surface area contributed by atoms with Gasteiger partial charge < -0.3 is 11.5 Å². The van der Waals surface area contributed by atoms with E-state index in [1.165, 1.54) is 0 Å². The Hall–Kier alpha value is -2.70. The van der Waals surface area contributed by atoms with Crippen LogP contribution in [0, 0.1) is 6.92 Å². The first-order valence-corrected chi connectivity index (χ1v) is 5.74. The number of anilines is 2. The molecule has 4 N–H and O–H groups in total. The second kappa shape index (κ2) is 3.91. The summed E-state index contributed by atoms with van der Waals surface area (Å²) in [6.07, 6.45) is 3.31. The van der Waals surface area contributed by atoms with Crippen LogP contribution in [0.4, 0.5) is 11.6 Å². The summed E-state index contributed by atoms with van der Waals surface area (Å²) in [7, 11) is 1.81. The predicted molar refractivity (Wildman–Crippen MR) is 73.1 cm³/mol. The predicted octanol–water partition coefficient (Wildman–Crippen LogP) is 0.898. The summed E-state index contributed by atoms with van der Waals surface area (Å²) >= 11 is 0. The van der Waals surface area contributed by atoms with Crippen molar-refractivity contribution in [1.29, 1.82) is 0 Å². The molecule has 0 aliphatic rings. The van der Waals surface area contributed by atoms with Gasteiger partial charge in [0.1, 0.15) is 11.6 Å². The van der Waals surface area contributed by atoms with E-state index in [1.54, 1.807) is 23.1 Å². The Morgan fingerprint density at radius 3 is 2.68 bits per heavy atom. The van der Waals surface area contributed by atoms with Gasteiger partial charge in [0.2, 0.25) is 0 Å². The largest absolute Gasteiger partial charge is 0.384 e. The van der Waals surface area contributed by atoms with Crippen LogP contribution in [-0.4, -0.2) is 24.7 Å². The Kier molecular flexibility index (Phi) is 2.34. The van der Waals surface area contributed by atoms with Gasteiger partial charge in [0.25, 0.3) is 0 Å². The Balaban J connectivity index is 2.27. The summed E-state index contributed by atoms with van der Waals surface area (Å²) < 4.78 is 1.66. The summed E-state index contributed by atoms with van der Waals surface area (Å²) in [5.41, 5.74) is 14.0. The van der Waals surface area contributed by atoms with E-state index in [9.17, 15) is 0 Å². The van der Waals surface area contributed by atoms with E-state index < -0.39 is 0 Å². The van der Waals surface area contributed by atoms with Gasteiger partial charge in [-0.25, -0.2) is 15.0 Å². The lowest BCUT2D eigenvalue weighted by atomic mass is 10.1. The SMILES string of the molecule is Cc1cc(N)ncc1-c1nc(N)c2cnn(C)c2n1. The van der Waals surface area contributed by atoms with Crippen LogP contribution in [0.2, 0.25) is 0 Å². The number of nitrogen functional groups attached to an aromatic ring is 2. The second-order valence-electron chi connectivity index (χ2n) is 4.36. The second-order valence-corrected chi connectivity index (χ2v) is 4.36. The molecular weight excluding hydrogens is 242 g/mol. The van der Waals surface area contributed by atoms with Gasteiger partial charge in [-0.15, -0.1) is 0 Å². The van der Waals surface area contributed by atoms with Gasteiger partial charge in [0, 0.05) is 18.8 Å². The molecule has 3 rings (SSSR count). The molecule has 96 valence electrons. The van der Waals surface area contributed by atoms with Crippen molar-refractivity contribution in [2.75, 3.05) is 11.5 Å². The summed E-state index contributed by atoms with van der Waals surface area (Å²) in [5, 5.41) is 4.87. The van der Waals surface area contributed by atoms with Crippen LogP contribution >= 0.6 is 0 Å². The number of nitrogens with zero attached hydrogens (tertiary/aromatic N) is 5. The Labute approximate surface area is 109 Å². The third kappa shape index (κ3) is 1.75. The minimum Gasteiger partial charge on any atom is -0.384 e. The van der Waals surface area contributed by atoms with E-state index >= 15 is 0 Å². The van der Waals surface area contributed by atoms with E-state index in [4.69, 9.17) is 11.5 Å². The standard InChI is InChI=1S/C12H13N7/c1-6-3-9(13)15-4-7(6)11-17-10(14)8-5-16-19(2)12(8)18-11/h3-5H,1-2H3,(H2,13,15)(H2,14,17,18). The topological polar surface area (TPSA) is 109 Å². The highest BCUT2D eigenvalue weighted by atomic mass is 15.3. The van der Waals surface area contributed by atoms with Gasteiger partial charge in [-0.2, -0.15) is 5.10 Å². The minimum absolute atomic E-state index is 0.407. The third-order valence-corrected chi connectivity index (χ3v) is 2.99. The molecule has 0 aromatic carbocycles. The van der Waals surface area contributed by atoms with Crippen LogP contribution in [-0.2, 0) is 7.05 Å². The Morgan fingerprint density at radius 1 is 1.16 bits per heavy atom. The lowest BCUT2D eigenvalue weighted by molar-refractivity contribution is 0.786. The molecule has 3 heterocycles. The van der Waals surface area contributed by atoms with E-state index in [0.29, 0.717) is 23.1 Å². The van der Waals surface area contributed by atoms with E-state index in [1.807, 2.05) is 14.0 Å². The van der Waals surface area contributed by atoms with Crippen LogP contribution in [0.25, 0.3) is 22.4 Å². The third-order valence-electron chi connectivity index (χ3n) is 2.99. The lowest BCUT2D eigenvalue weighted by Gasteiger charge is -2.06. The zero-order valence-electron chi connectivity index (χ0n) is 10.6. The van der Waals surface area contributed by atoms with Crippen molar-refractivity contribution in [2.24, 2.45) is 7.05 Å². The highest BCUT2D eigenvalue weighted by molar-refractivity contribution is 5.87. The monoisotopic (exact) mass is 255 g/mol. The first-order chi connectivity index (χ1) is 9.06. The molecular formula is C12H13N7. The normalized spacial score (nSPS) is 11.1. The number of aryl methyl sites for hydroxylation is 2. The molecule has 7 nitrogen and oxygen atoms in total. The van der Waals surface area contributed by atoms with Gasteiger partial charge >= 0.3 is 0 Å². The molecule has 0 bridgehead atoms. The van der Waals surface area contributed by atoms with Gasteiger partial charge in [0.15, 0.2) is 11.5 Å². The smallest absolute Gasteiger partial charge is 0.165 e. The fourth-order valence-electron chi connectivity index (χ4n) is 1.98. The zero-order chi connectivity index (χ0) is 13.6. The van der Waals surface area contributed by atoms with Crippen molar-refractivity contribution in [3.05, 3.63) is 24.0 Å². The van der Waals surface area contributed by atoms with Gasteiger partial charge in [-0.05, 0) is 18.6 Å². The molecule has 0 amide bonds. The minimum atomic E-state index is 0.407. The van der Waals surface area contributed by atoms with Gasteiger partial charge in [-0.3, -0.25) is 4.68 Å². The molecule has 0 aliphatic carbocycles. The van der Waals surface area contributed by atoms with Crippen LogP contribution in [0.3, 0.4) is 0 Å². The molecule has 0 unspecified atom stereocenters. The highest BCUT2D eigenvalue weighted by Gasteiger charge is 2.12. The number of hydrogen-bond donors (Lipinski definition) is 2. The Morgan fingerprint density at radius 2 is 1.95 bits per heavy atom. The van der Waals surface area contributed by atoms with Crippen LogP contribution in [0.5, 0.6) is 0 Å². The number of rotatable bonds is 1. The summed E-state index contributed by atoms with van der Waals surface area (Å²) in [5.74, 6) is 1.40. The van der Waals surface area contributed by atoms with E-state index in [-0.39, 0.29) is 0 Å². The molecule has 0 saturated carbocycles. The van der Waals surface area contributed by atoms with Crippen LogP contribution in [0.1, 0.15) is 5.56 Å². The lowest BCUT2D eigenvalue weighted by Crippen LogP contribution is -2.01. The highest BCUT2D eigenvalue weighted by Crippen LogP contribution is 2.24. The van der Waals surface area contributed by atoms with Crippen molar-refractivity contribution in [1.82, 2.24) is 24.7 Å². The fraction of sp³-hybridized carbons (Fsp3) is 0.167. The number of fused-ring (bicyclic) bond motifs is 1. The van der Waals surface area contributed by atoms with Crippen LogP contribution in [0.15, 0.2) is 18.5 Å². The molecule has 0 aliphatic heterocycles. The average molecular weight is 255 g/mol. The van der Waals surface area contributed by atoms with Crippen LogP contribution < -0.4 is 11.5 Å². The maximum Gasteiger partial charge on any atom is 0.165 e. The number of hydrogen-bond acceptors (Lipinski definition) is 6. The van der Waals surface area contributed by atoms with Crippen molar-refractivity contribution in [2.45, 2.75) is 6.92 Å². The average Bonchev–Trinajstić information content (AvgIpc) is 2.72. The molecule has 0 fully saturated rings. The molecule has 3 aromatic heterocycles. The number of aromatic nitrogens is 5. The van der Waals surface area contributed by atoms with Gasteiger partial charge in [0.05, 0.1) is 11.6 Å². The molecule has 0 atom stereocenters. The molecule has 0 saturated heterocycles. The van der Waals surface area contributed by atoms with Crippen molar-refractivity contribution in [3.63, 3.8) is 0 Å². The fourth-order valence-corrected chi connectivity index (χ4v) is 1.98. The summed E-state index contributed by atoms with van der Waals surface area (Å²) in [4.78, 5) is 12.9. The van der Waals surface area contributed by atoms with Crippen molar-refractivity contribution in [3.8, 4) is 11.4 Å². The zero-order valence-corrected chi connectivity index (χ0v) is 10.6. The summed E-state index contributed by atoms with van der Waals surface area (Å²) in [6.45, 7) is 1.93. The van der Waals surface area contributed by atoms with Crippen molar-refractivity contribution >= 4 is 22.7 Å². The number of nitrogens with two attached hydrogens (primary N) is 2. The molecule has 7 heteroatoms. The molecule has 19 heavy (non-hydrogen) atoms. The quantitative estimate of drug-likeness (QED) is 0.668. The van der Waals surface area contributed by atoms with Gasteiger partial charge in [-0.1, -0.05) is 0 Å². The molecule has 0 spiro atoms. The van der Waals surface area contributed by atoms with Crippen molar-refractivity contribution < 1.29 is 0 Å². The first-order valence-electron chi connectivity index (χ1n) is 5.74. The molecule has 0 radical (unpaired) electrons. The first kappa shape index (κ1) is 11.4. The maximum atomic E-state index is 5.94. The molecule has 3 aromatic rings. The number of pyridine rings is 1. The Bertz CT molecular complexity index is 775.